The van der Waals surface area contributed by atoms with E-state index in [1.165, 1.54) is 12.1 Å². The molecule has 7 heteroatoms. The van der Waals surface area contributed by atoms with Crippen LogP contribution in [0.25, 0.3) is 5.57 Å². The molecule has 2 aliphatic heterocycles. The number of hydrogen-bond acceptors (Lipinski definition) is 4. The summed E-state index contributed by atoms with van der Waals surface area (Å²) < 4.78 is 49.1. The Balaban J connectivity index is 1.55. The van der Waals surface area contributed by atoms with Crippen LogP contribution in [0.2, 0.25) is 0 Å². The molecule has 0 amide bonds. The van der Waals surface area contributed by atoms with Gasteiger partial charge < -0.3 is 14.6 Å². The van der Waals surface area contributed by atoms with Crippen LogP contribution >= 0.6 is 0 Å². The van der Waals surface area contributed by atoms with Gasteiger partial charge >= 0.3 is 6.36 Å². The van der Waals surface area contributed by atoms with Crippen LogP contribution in [0.15, 0.2) is 42.2 Å². The standard InChI is InChI=1S/C25H23F3O4/c1-11-8-12(2)18(13(3)9-11)20-22(29)19-17-10-15(24(31-17)21(19)23(20)30)14-6-4-5-7-16(14)32-25(26,27)28/h4-9,15,17,19,21,24,30H,10H2,1-3H3/t15?,17?,19-,21+,24?/m0/s1. The molecule has 2 saturated heterocycles. The van der Waals surface area contributed by atoms with E-state index in [1.54, 1.807) is 12.1 Å². The number of ether oxygens (including phenoxy) is 2. The Hall–Kier alpha value is -2.80. The normalized spacial score (nSPS) is 29.1. The first-order valence-electron chi connectivity index (χ1n) is 10.6. The first-order chi connectivity index (χ1) is 15.1. The third-order valence-corrected chi connectivity index (χ3v) is 6.95. The van der Waals surface area contributed by atoms with Crippen LogP contribution in [0.5, 0.6) is 5.75 Å². The van der Waals surface area contributed by atoms with Crippen LogP contribution < -0.4 is 4.74 Å². The zero-order valence-corrected chi connectivity index (χ0v) is 17.9. The number of allylic oxidation sites excluding steroid dienone is 1. The summed E-state index contributed by atoms with van der Waals surface area (Å²) in [6.07, 6.45) is -5.44. The number of ketones is 1. The van der Waals surface area contributed by atoms with E-state index in [9.17, 15) is 23.1 Å². The van der Waals surface area contributed by atoms with Crippen LogP contribution in [0.3, 0.4) is 0 Å². The quantitative estimate of drug-likeness (QED) is 0.675. The van der Waals surface area contributed by atoms with E-state index in [2.05, 4.69) is 4.74 Å². The Morgan fingerprint density at radius 2 is 1.72 bits per heavy atom. The molecule has 2 fully saturated rings. The number of alkyl halides is 3. The fourth-order valence-corrected chi connectivity index (χ4v) is 5.99. The highest BCUT2D eigenvalue weighted by molar-refractivity contribution is 6.26. The molecule has 2 heterocycles. The van der Waals surface area contributed by atoms with E-state index < -0.39 is 36.3 Å². The monoisotopic (exact) mass is 444 g/mol. The molecule has 0 radical (unpaired) electrons. The van der Waals surface area contributed by atoms with Crippen molar-refractivity contribution in [3.63, 3.8) is 0 Å². The first-order valence-corrected chi connectivity index (χ1v) is 10.6. The molecule has 0 aromatic heterocycles. The highest BCUT2D eigenvalue weighted by Crippen LogP contribution is 2.59. The predicted octanol–water partition coefficient (Wildman–Crippen LogP) is 5.55. The minimum absolute atomic E-state index is 0.0125. The number of carbonyl (C=O) groups is 1. The number of halogens is 3. The summed E-state index contributed by atoms with van der Waals surface area (Å²) in [4.78, 5) is 13.4. The maximum atomic E-state index is 13.4. The summed E-state index contributed by atoms with van der Waals surface area (Å²) in [6, 6.07) is 9.97. The molecule has 0 spiro atoms. The summed E-state index contributed by atoms with van der Waals surface area (Å²) in [7, 11) is 0. The molecule has 3 aliphatic rings. The van der Waals surface area contributed by atoms with Crippen molar-refractivity contribution in [1.82, 2.24) is 0 Å². The largest absolute Gasteiger partial charge is 0.573 e. The van der Waals surface area contributed by atoms with Gasteiger partial charge in [0.1, 0.15) is 11.5 Å². The number of aliphatic hydroxyl groups excluding tert-OH is 1. The number of para-hydroxylation sites is 1. The van der Waals surface area contributed by atoms with Crippen molar-refractivity contribution < 1.29 is 32.5 Å². The Morgan fingerprint density at radius 1 is 1.06 bits per heavy atom. The summed E-state index contributed by atoms with van der Waals surface area (Å²) in [5.74, 6) is -1.91. The summed E-state index contributed by atoms with van der Waals surface area (Å²) in [5.41, 5.74) is 4.33. The summed E-state index contributed by atoms with van der Waals surface area (Å²) in [6.45, 7) is 5.80. The van der Waals surface area contributed by atoms with Gasteiger partial charge in [0.25, 0.3) is 0 Å². The Kier molecular flexibility index (Phi) is 4.68. The lowest BCUT2D eigenvalue weighted by molar-refractivity contribution is -0.275. The third kappa shape index (κ3) is 3.13. The van der Waals surface area contributed by atoms with Crippen molar-refractivity contribution in [3.05, 3.63) is 70.0 Å². The number of hydrogen-bond donors (Lipinski definition) is 1. The number of benzene rings is 2. The smallest absolute Gasteiger partial charge is 0.511 e. The van der Waals surface area contributed by atoms with Crippen LogP contribution in [0, 0.1) is 32.6 Å². The number of aliphatic hydroxyl groups is 1. The molecule has 168 valence electrons. The highest BCUT2D eigenvalue weighted by atomic mass is 19.4. The lowest BCUT2D eigenvalue weighted by atomic mass is 9.72. The number of fused-ring (bicyclic) bond motifs is 5. The SMILES string of the molecule is Cc1cc(C)c(C2=C(O)[C@@H]3C4OC(CC4c4ccccc4OC(F)(F)F)[C@@H]3C2=O)c(C)c1. The van der Waals surface area contributed by atoms with Crippen LogP contribution in [0.4, 0.5) is 13.2 Å². The Labute approximate surface area is 183 Å². The molecular formula is C25H23F3O4. The van der Waals surface area contributed by atoms with E-state index in [-0.39, 0.29) is 17.3 Å². The fraction of sp³-hybridized carbons (Fsp3) is 0.400. The third-order valence-electron chi connectivity index (χ3n) is 6.95. The lowest BCUT2D eigenvalue weighted by Gasteiger charge is -2.29. The number of Topliss-reactive ketones (excluding diaryl/α,β-unsaturated/α-hetero) is 1. The molecule has 3 unspecified atom stereocenters. The summed E-state index contributed by atoms with van der Waals surface area (Å²) in [5, 5.41) is 11.2. The van der Waals surface area contributed by atoms with E-state index in [0.29, 0.717) is 17.6 Å². The molecular weight excluding hydrogens is 421 g/mol. The van der Waals surface area contributed by atoms with Gasteiger partial charge in [-0.2, -0.15) is 0 Å². The second kappa shape index (κ2) is 7.10. The van der Waals surface area contributed by atoms with Crippen molar-refractivity contribution in [1.29, 1.82) is 0 Å². The number of carbonyl (C=O) groups excluding carboxylic acids is 1. The topological polar surface area (TPSA) is 55.8 Å². The average Bonchev–Trinajstić information content (AvgIpc) is 3.34. The van der Waals surface area contributed by atoms with E-state index in [1.807, 2.05) is 32.9 Å². The van der Waals surface area contributed by atoms with E-state index >= 15 is 0 Å². The summed E-state index contributed by atoms with van der Waals surface area (Å²) >= 11 is 0. The fourth-order valence-electron chi connectivity index (χ4n) is 5.99. The second-order valence-corrected chi connectivity index (χ2v) is 9.02. The second-order valence-electron chi connectivity index (χ2n) is 9.02. The van der Waals surface area contributed by atoms with Gasteiger partial charge in [0.05, 0.1) is 29.6 Å². The van der Waals surface area contributed by atoms with Crippen molar-refractivity contribution in [2.75, 3.05) is 0 Å². The molecule has 5 rings (SSSR count). The first kappa shape index (κ1) is 21.1. The van der Waals surface area contributed by atoms with Crippen molar-refractivity contribution in [3.8, 4) is 5.75 Å². The van der Waals surface area contributed by atoms with Gasteiger partial charge in [-0.1, -0.05) is 35.9 Å². The molecule has 0 saturated carbocycles. The molecule has 2 aromatic rings. The van der Waals surface area contributed by atoms with Crippen LogP contribution in [-0.2, 0) is 9.53 Å². The number of aryl methyl sites for hydroxylation is 3. The van der Waals surface area contributed by atoms with Crippen molar-refractivity contribution in [2.45, 2.75) is 51.7 Å². The zero-order valence-electron chi connectivity index (χ0n) is 17.9. The van der Waals surface area contributed by atoms with Gasteiger partial charge in [0.15, 0.2) is 5.78 Å². The minimum Gasteiger partial charge on any atom is -0.511 e. The maximum absolute atomic E-state index is 13.4. The molecule has 1 aliphatic carbocycles. The molecule has 32 heavy (non-hydrogen) atoms. The highest BCUT2D eigenvalue weighted by Gasteiger charge is 2.63. The zero-order chi connectivity index (χ0) is 22.9. The van der Waals surface area contributed by atoms with Gasteiger partial charge in [-0.3, -0.25) is 4.79 Å². The van der Waals surface area contributed by atoms with Crippen LogP contribution in [0.1, 0.15) is 40.2 Å². The molecule has 2 bridgehead atoms. The molecule has 4 nitrogen and oxygen atoms in total. The van der Waals surface area contributed by atoms with Gasteiger partial charge in [-0.05, 0) is 49.9 Å². The Morgan fingerprint density at radius 3 is 2.38 bits per heavy atom. The molecule has 2 aromatic carbocycles. The Bertz CT molecular complexity index is 1130. The van der Waals surface area contributed by atoms with Crippen LogP contribution in [-0.4, -0.2) is 29.5 Å². The van der Waals surface area contributed by atoms with Gasteiger partial charge in [-0.15, -0.1) is 13.2 Å². The maximum Gasteiger partial charge on any atom is 0.573 e. The van der Waals surface area contributed by atoms with Crippen molar-refractivity contribution in [2.24, 2.45) is 11.8 Å². The van der Waals surface area contributed by atoms with E-state index in [4.69, 9.17) is 4.74 Å². The number of rotatable bonds is 3. The van der Waals surface area contributed by atoms with Crippen molar-refractivity contribution >= 4 is 11.4 Å². The van der Waals surface area contributed by atoms with Gasteiger partial charge in [-0.25, -0.2) is 0 Å². The predicted molar refractivity (Wildman–Crippen MR) is 111 cm³/mol. The molecule has 5 atom stereocenters. The lowest BCUT2D eigenvalue weighted by Crippen LogP contribution is -2.34. The van der Waals surface area contributed by atoms with E-state index in [0.717, 1.165) is 22.3 Å². The van der Waals surface area contributed by atoms with Gasteiger partial charge in [0.2, 0.25) is 0 Å². The molecule has 1 N–H and O–H groups in total. The minimum atomic E-state index is -4.81. The van der Waals surface area contributed by atoms with Gasteiger partial charge in [0, 0.05) is 11.5 Å². The average molecular weight is 444 g/mol.